The highest BCUT2D eigenvalue weighted by molar-refractivity contribution is 5.78. The maximum atomic E-state index is 12.5. The smallest absolute Gasteiger partial charge is 0.342 e. The number of amides is 1. The zero-order chi connectivity index (χ0) is 16.3. The Morgan fingerprint density at radius 2 is 1.82 bits per heavy atom. The molecule has 22 heavy (non-hydrogen) atoms. The predicted molar refractivity (Wildman–Crippen MR) is 78.1 cm³/mol. The van der Waals surface area contributed by atoms with Crippen molar-refractivity contribution in [2.24, 2.45) is 11.7 Å². The van der Waals surface area contributed by atoms with E-state index in [2.05, 4.69) is 0 Å². The molecule has 1 heterocycles. The van der Waals surface area contributed by atoms with Gasteiger partial charge >= 0.3 is 6.18 Å². The van der Waals surface area contributed by atoms with Crippen LogP contribution >= 0.6 is 0 Å². The molecule has 0 spiro atoms. The van der Waals surface area contributed by atoms with E-state index in [0.717, 1.165) is 25.0 Å². The fourth-order valence-corrected chi connectivity index (χ4v) is 2.77. The van der Waals surface area contributed by atoms with Gasteiger partial charge in [-0.1, -0.05) is 12.1 Å². The van der Waals surface area contributed by atoms with E-state index in [1.54, 1.807) is 4.90 Å². The van der Waals surface area contributed by atoms with Crippen LogP contribution in [0, 0.1) is 5.92 Å². The minimum atomic E-state index is -4.34. The van der Waals surface area contributed by atoms with Crippen LogP contribution in [0.25, 0.3) is 0 Å². The second-order valence-electron chi connectivity index (χ2n) is 5.95. The third-order valence-electron chi connectivity index (χ3n) is 4.27. The predicted octanol–water partition coefficient (Wildman–Crippen LogP) is 2.83. The third kappa shape index (κ3) is 4.22. The fourth-order valence-electron chi connectivity index (χ4n) is 2.77. The van der Waals surface area contributed by atoms with Crippen LogP contribution in [0.4, 0.5) is 13.2 Å². The summed E-state index contributed by atoms with van der Waals surface area (Å²) in [5, 5.41) is 0. The summed E-state index contributed by atoms with van der Waals surface area (Å²) in [6.45, 7) is 3.32. The molecule has 1 unspecified atom stereocenters. The van der Waals surface area contributed by atoms with Crippen LogP contribution in [0.15, 0.2) is 24.3 Å². The highest BCUT2D eigenvalue weighted by atomic mass is 19.4. The Bertz CT molecular complexity index is 503. The zero-order valence-corrected chi connectivity index (χ0v) is 12.6. The number of hydrogen-bond donors (Lipinski definition) is 1. The molecule has 2 rings (SSSR count). The maximum absolute atomic E-state index is 12.5. The molecule has 0 aliphatic carbocycles. The van der Waals surface area contributed by atoms with E-state index in [-0.39, 0.29) is 18.4 Å². The molecule has 122 valence electrons. The fraction of sp³-hybridized carbons (Fsp3) is 0.562. The molecule has 1 aromatic carbocycles. The molecule has 1 saturated heterocycles. The van der Waals surface area contributed by atoms with Crippen molar-refractivity contribution < 1.29 is 18.0 Å². The lowest BCUT2D eigenvalue weighted by Gasteiger charge is -2.33. The van der Waals surface area contributed by atoms with E-state index < -0.39 is 11.7 Å². The zero-order valence-electron chi connectivity index (χ0n) is 12.6. The van der Waals surface area contributed by atoms with E-state index in [9.17, 15) is 18.0 Å². The summed E-state index contributed by atoms with van der Waals surface area (Å²) < 4.78 is 37.5. The molecule has 3 nitrogen and oxygen atoms in total. The SMILES string of the molecule is CC(N)C1CCN(C(=O)Cc2ccc(C(F)(F)F)cc2)CC1. The molecule has 0 radical (unpaired) electrons. The number of nitrogens with zero attached hydrogens (tertiary/aromatic N) is 1. The highest BCUT2D eigenvalue weighted by Gasteiger charge is 2.30. The Kier molecular flexibility index (Phi) is 5.11. The molecule has 0 saturated carbocycles. The van der Waals surface area contributed by atoms with Gasteiger partial charge in [-0.2, -0.15) is 13.2 Å². The number of likely N-dealkylation sites (tertiary alicyclic amines) is 1. The van der Waals surface area contributed by atoms with Crippen molar-refractivity contribution in [3.63, 3.8) is 0 Å². The van der Waals surface area contributed by atoms with Gasteiger partial charge in [0.1, 0.15) is 0 Å². The van der Waals surface area contributed by atoms with E-state index in [1.807, 2.05) is 6.92 Å². The molecule has 1 aliphatic heterocycles. The minimum Gasteiger partial charge on any atom is -0.342 e. The monoisotopic (exact) mass is 314 g/mol. The van der Waals surface area contributed by atoms with E-state index in [1.165, 1.54) is 12.1 Å². The van der Waals surface area contributed by atoms with Gasteiger partial charge < -0.3 is 10.6 Å². The molecular formula is C16H21F3N2O. The average molecular weight is 314 g/mol. The topological polar surface area (TPSA) is 46.3 Å². The van der Waals surface area contributed by atoms with E-state index in [4.69, 9.17) is 5.73 Å². The minimum absolute atomic E-state index is 0.0390. The molecule has 1 aromatic rings. The van der Waals surface area contributed by atoms with Gasteiger partial charge in [0.05, 0.1) is 12.0 Å². The molecule has 1 atom stereocenters. The summed E-state index contributed by atoms with van der Waals surface area (Å²) in [5.41, 5.74) is 5.78. The summed E-state index contributed by atoms with van der Waals surface area (Å²) in [6, 6.07) is 4.91. The number of carbonyl (C=O) groups excluding carboxylic acids is 1. The molecule has 0 aromatic heterocycles. The number of benzene rings is 1. The van der Waals surface area contributed by atoms with Gasteiger partial charge in [0.15, 0.2) is 0 Å². The normalized spacial score (nSPS) is 18.3. The van der Waals surface area contributed by atoms with Gasteiger partial charge in [-0.05, 0) is 43.4 Å². The number of alkyl halides is 3. The van der Waals surface area contributed by atoms with Crippen LogP contribution < -0.4 is 5.73 Å². The van der Waals surface area contributed by atoms with Crippen LogP contribution in [-0.4, -0.2) is 29.9 Å². The second-order valence-corrected chi connectivity index (χ2v) is 5.95. The van der Waals surface area contributed by atoms with Gasteiger partial charge in [0.25, 0.3) is 0 Å². The lowest BCUT2D eigenvalue weighted by molar-refractivity contribution is -0.137. The number of piperidine rings is 1. The van der Waals surface area contributed by atoms with E-state index in [0.29, 0.717) is 24.6 Å². The Morgan fingerprint density at radius 1 is 1.27 bits per heavy atom. The van der Waals surface area contributed by atoms with Crippen LogP contribution in [-0.2, 0) is 17.4 Å². The largest absolute Gasteiger partial charge is 0.416 e. The standard InChI is InChI=1S/C16H21F3N2O/c1-11(20)13-6-8-21(9-7-13)15(22)10-12-2-4-14(5-3-12)16(17,18)19/h2-5,11,13H,6-10,20H2,1H3. The first kappa shape index (κ1) is 16.8. The van der Waals surface area contributed by atoms with Crippen molar-refractivity contribution in [2.75, 3.05) is 13.1 Å². The molecule has 1 aliphatic rings. The molecular weight excluding hydrogens is 293 g/mol. The van der Waals surface area contributed by atoms with Crippen LogP contribution in [0.3, 0.4) is 0 Å². The second kappa shape index (κ2) is 6.69. The van der Waals surface area contributed by atoms with Gasteiger partial charge in [-0.3, -0.25) is 4.79 Å². The summed E-state index contributed by atoms with van der Waals surface area (Å²) in [5.74, 6) is 0.401. The molecule has 1 amide bonds. The summed E-state index contributed by atoms with van der Waals surface area (Å²) in [7, 11) is 0. The van der Waals surface area contributed by atoms with E-state index >= 15 is 0 Å². The first-order chi connectivity index (χ1) is 10.3. The Hall–Kier alpha value is -1.56. The van der Waals surface area contributed by atoms with Crippen molar-refractivity contribution in [3.8, 4) is 0 Å². The molecule has 6 heteroatoms. The lowest BCUT2D eigenvalue weighted by atomic mass is 9.91. The number of nitrogens with two attached hydrogens (primary N) is 1. The molecule has 2 N–H and O–H groups in total. The van der Waals surface area contributed by atoms with Gasteiger partial charge in [0, 0.05) is 19.1 Å². The average Bonchev–Trinajstić information content (AvgIpc) is 2.47. The van der Waals surface area contributed by atoms with Crippen LogP contribution in [0.1, 0.15) is 30.9 Å². The molecule has 1 fully saturated rings. The summed E-state index contributed by atoms with van der Waals surface area (Å²) in [4.78, 5) is 14.0. The maximum Gasteiger partial charge on any atom is 0.416 e. The van der Waals surface area contributed by atoms with Gasteiger partial charge in [0.2, 0.25) is 5.91 Å². The van der Waals surface area contributed by atoms with Gasteiger partial charge in [-0.25, -0.2) is 0 Å². The van der Waals surface area contributed by atoms with Crippen molar-refractivity contribution >= 4 is 5.91 Å². The number of rotatable bonds is 3. The lowest BCUT2D eigenvalue weighted by Crippen LogP contribution is -2.43. The van der Waals surface area contributed by atoms with Crippen molar-refractivity contribution in [1.29, 1.82) is 0 Å². The number of halogens is 3. The first-order valence-electron chi connectivity index (χ1n) is 7.47. The summed E-state index contributed by atoms with van der Waals surface area (Å²) in [6.07, 6.45) is -2.43. The van der Waals surface area contributed by atoms with Gasteiger partial charge in [-0.15, -0.1) is 0 Å². The summed E-state index contributed by atoms with van der Waals surface area (Å²) >= 11 is 0. The Morgan fingerprint density at radius 3 is 2.27 bits per heavy atom. The Balaban J connectivity index is 1.90. The highest BCUT2D eigenvalue weighted by Crippen LogP contribution is 2.29. The third-order valence-corrected chi connectivity index (χ3v) is 4.27. The number of hydrogen-bond acceptors (Lipinski definition) is 2. The van der Waals surface area contributed by atoms with Crippen LogP contribution in [0.5, 0.6) is 0 Å². The number of carbonyl (C=O) groups is 1. The van der Waals surface area contributed by atoms with Crippen molar-refractivity contribution in [3.05, 3.63) is 35.4 Å². The van der Waals surface area contributed by atoms with Crippen LogP contribution in [0.2, 0.25) is 0 Å². The first-order valence-corrected chi connectivity index (χ1v) is 7.47. The quantitative estimate of drug-likeness (QED) is 0.932. The van der Waals surface area contributed by atoms with Crippen molar-refractivity contribution in [2.45, 2.75) is 38.4 Å². The Labute approximate surface area is 128 Å². The molecule has 0 bridgehead atoms. The van der Waals surface area contributed by atoms with Crippen molar-refractivity contribution in [1.82, 2.24) is 4.90 Å².